The third-order valence-electron chi connectivity index (χ3n) is 5.78. The lowest BCUT2D eigenvalue weighted by Crippen LogP contribution is -2.45. The standard InChI is InChI=1S/C26H30N2O6/c1-5-18(3)28(14-24(29)27-21-8-6-7-17(2)19(21)4)25(30)15-32-26(31)12-10-20-9-11-22-23(13-20)34-16-33-22/h6-13,18H,5,14-16H2,1-4H3,(H,27,29). The Hall–Kier alpha value is -3.81. The summed E-state index contributed by atoms with van der Waals surface area (Å²) in [4.78, 5) is 39.0. The van der Waals surface area contributed by atoms with Gasteiger partial charge in [0.15, 0.2) is 18.1 Å². The highest BCUT2D eigenvalue weighted by molar-refractivity contribution is 5.96. The fraction of sp³-hybridized carbons (Fsp3) is 0.346. The minimum atomic E-state index is -0.657. The van der Waals surface area contributed by atoms with Gasteiger partial charge in [-0.25, -0.2) is 4.79 Å². The summed E-state index contributed by atoms with van der Waals surface area (Å²) >= 11 is 0. The Kier molecular flexibility index (Phi) is 8.29. The molecule has 2 aromatic rings. The van der Waals surface area contributed by atoms with Gasteiger partial charge in [0.2, 0.25) is 12.7 Å². The van der Waals surface area contributed by atoms with Crippen molar-refractivity contribution in [3.8, 4) is 11.5 Å². The van der Waals surface area contributed by atoms with E-state index in [1.165, 1.54) is 11.0 Å². The number of carbonyl (C=O) groups is 3. The highest BCUT2D eigenvalue weighted by Gasteiger charge is 2.23. The van der Waals surface area contributed by atoms with Crippen LogP contribution in [-0.2, 0) is 19.1 Å². The second kappa shape index (κ2) is 11.4. The molecule has 0 saturated heterocycles. The number of amides is 2. The summed E-state index contributed by atoms with van der Waals surface area (Å²) in [6.45, 7) is 7.26. The van der Waals surface area contributed by atoms with E-state index in [0.29, 0.717) is 23.6 Å². The molecule has 1 aliphatic rings. The van der Waals surface area contributed by atoms with Crippen molar-refractivity contribution < 1.29 is 28.6 Å². The monoisotopic (exact) mass is 466 g/mol. The molecule has 0 radical (unpaired) electrons. The number of fused-ring (bicyclic) bond motifs is 1. The van der Waals surface area contributed by atoms with Crippen molar-refractivity contribution in [2.24, 2.45) is 0 Å². The quantitative estimate of drug-likeness (QED) is 0.446. The Bertz CT molecular complexity index is 1090. The molecular weight excluding hydrogens is 436 g/mol. The van der Waals surface area contributed by atoms with Crippen LogP contribution in [0.1, 0.15) is 37.0 Å². The smallest absolute Gasteiger partial charge is 0.331 e. The third kappa shape index (κ3) is 6.37. The lowest BCUT2D eigenvalue weighted by atomic mass is 10.1. The SMILES string of the molecule is CCC(C)N(CC(=O)Nc1cccc(C)c1C)C(=O)COC(=O)C=Cc1ccc2c(c1)OCO2. The van der Waals surface area contributed by atoms with Crippen molar-refractivity contribution in [2.75, 3.05) is 25.3 Å². The van der Waals surface area contributed by atoms with Crippen LogP contribution in [0.3, 0.4) is 0 Å². The molecule has 0 fully saturated rings. The summed E-state index contributed by atoms with van der Waals surface area (Å²) in [5.41, 5.74) is 3.48. The van der Waals surface area contributed by atoms with Crippen molar-refractivity contribution in [2.45, 2.75) is 40.2 Å². The molecule has 1 heterocycles. The summed E-state index contributed by atoms with van der Waals surface area (Å²) in [6, 6.07) is 10.7. The van der Waals surface area contributed by atoms with Gasteiger partial charge in [0.1, 0.15) is 6.54 Å². The number of carbonyl (C=O) groups excluding carboxylic acids is 3. The minimum Gasteiger partial charge on any atom is -0.454 e. The van der Waals surface area contributed by atoms with Gasteiger partial charge in [-0.1, -0.05) is 25.1 Å². The van der Waals surface area contributed by atoms with E-state index in [0.717, 1.165) is 16.7 Å². The second-order valence-corrected chi connectivity index (χ2v) is 8.13. The number of rotatable bonds is 9. The summed E-state index contributed by atoms with van der Waals surface area (Å²) in [7, 11) is 0. The number of nitrogens with zero attached hydrogens (tertiary/aromatic N) is 1. The summed E-state index contributed by atoms with van der Waals surface area (Å²) in [5, 5.41) is 2.87. The molecule has 0 spiro atoms. The Labute approximate surface area is 199 Å². The van der Waals surface area contributed by atoms with Crippen molar-refractivity contribution in [1.29, 1.82) is 0 Å². The number of benzene rings is 2. The summed E-state index contributed by atoms with van der Waals surface area (Å²) in [6.07, 6.45) is 3.46. The zero-order valence-electron chi connectivity index (χ0n) is 19.9. The fourth-order valence-corrected chi connectivity index (χ4v) is 3.39. The van der Waals surface area contributed by atoms with Crippen LogP contribution in [0.15, 0.2) is 42.5 Å². The number of hydrogen-bond acceptors (Lipinski definition) is 6. The molecule has 3 rings (SSSR count). The van der Waals surface area contributed by atoms with E-state index in [9.17, 15) is 14.4 Å². The molecule has 0 aliphatic carbocycles. The Morgan fingerprint density at radius 1 is 1.15 bits per heavy atom. The zero-order chi connectivity index (χ0) is 24.7. The predicted octanol–water partition coefficient (Wildman–Crippen LogP) is 3.85. The van der Waals surface area contributed by atoms with Crippen molar-refractivity contribution in [3.05, 3.63) is 59.2 Å². The molecule has 0 aromatic heterocycles. The maximum absolute atomic E-state index is 12.8. The van der Waals surface area contributed by atoms with Crippen molar-refractivity contribution >= 4 is 29.5 Å². The maximum Gasteiger partial charge on any atom is 0.331 e. The molecule has 1 N–H and O–H groups in total. The van der Waals surface area contributed by atoms with E-state index >= 15 is 0 Å². The Balaban J connectivity index is 1.55. The lowest BCUT2D eigenvalue weighted by Gasteiger charge is -2.28. The van der Waals surface area contributed by atoms with Crippen molar-refractivity contribution in [1.82, 2.24) is 4.90 Å². The molecule has 0 saturated carbocycles. The van der Waals surface area contributed by atoms with Crippen LogP contribution >= 0.6 is 0 Å². The average molecular weight is 467 g/mol. The fourth-order valence-electron chi connectivity index (χ4n) is 3.39. The first kappa shape index (κ1) is 24.8. The van der Waals surface area contributed by atoms with Crippen LogP contribution in [0, 0.1) is 13.8 Å². The van der Waals surface area contributed by atoms with Gasteiger partial charge in [0.05, 0.1) is 0 Å². The van der Waals surface area contributed by atoms with E-state index in [1.54, 1.807) is 24.3 Å². The van der Waals surface area contributed by atoms with E-state index in [1.807, 2.05) is 45.9 Å². The van der Waals surface area contributed by atoms with Crippen molar-refractivity contribution in [3.63, 3.8) is 0 Å². The van der Waals surface area contributed by atoms with Gasteiger partial charge < -0.3 is 24.4 Å². The first-order valence-corrected chi connectivity index (χ1v) is 11.2. The number of hydrogen-bond donors (Lipinski definition) is 1. The molecule has 8 heteroatoms. The molecule has 1 atom stereocenters. The number of nitrogens with one attached hydrogen (secondary N) is 1. The van der Waals surface area contributed by atoms with Crippen LogP contribution < -0.4 is 14.8 Å². The van der Waals surface area contributed by atoms with Gasteiger partial charge in [-0.2, -0.15) is 0 Å². The molecular formula is C26H30N2O6. The molecule has 1 unspecified atom stereocenters. The first-order chi connectivity index (χ1) is 16.3. The highest BCUT2D eigenvalue weighted by atomic mass is 16.7. The van der Waals surface area contributed by atoms with Gasteiger partial charge >= 0.3 is 5.97 Å². The topological polar surface area (TPSA) is 94.2 Å². The molecule has 1 aliphatic heterocycles. The molecule has 8 nitrogen and oxygen atoms in total. The highest BCUT2D eigenvalue weighted by Crippen LogP contribution is 2.32. The summed E-state index contributed by atoms with van der Waals surface area (Å²) < 4.78 is 15.7. The van der Waals surface area contributed by atoms with Crippen LogP contribution in [0.4, 0.5) is 5.69 Å². The first-order valence-electron chi connectivity index (χ1n) is 11.2. The normalized spacial score (nSPS) is 12.9. The van der Waals surface area contributed by atoms with E-state index < -0.39 is 18.5 Å². The second-order valence-electron chi connectivity index (χ2n) is 8.13. The zero-order valence-corrected chi connectivity index (χ0v) is 19.9. The Morgan fingerprint density at radius 2 is 1.91 bits per heavy atom. The summed E-state index contributed by atoms with van der Waals surface area (Å²) in [5.74, 6) is -0.146. The van der Waals surface area contributed by atoms with E-state index in [4.69, 9.17) is 14.2 Å². The van der Waals surface area contributed by atoms with Crippen LogP contribution in [0.25, 0.3) is 6.08 Å². The van der Waals surface area contributed by atoms with Gasteiger partial charge in [-0.3, -0.25) is 9.59 Å². The van der Waals surface area contributed by atoms with Gasteiger partial charge in [-0.05, 0) is 68.2 Å². The number of aryl methyl sites for hydroxylation is 1. The minimum absolute atomic E-state index is 0.133. The predicted molar refractivity (Wildman–Crippen MR) is 129 cm³/mol. The molecule has 180 valence electrons. The van der Waals surface area contributed by atoms with Crippen LogP contribution in [-0.4, -0.2) is 48.7 Å². The lowest BCUT2D eigenvalue weighted by molar-refractivity contribution is -0.150. The van der Waals surface area contributed by atoms with Gasteiger partial charge in [0, 0.05) is 17.8 Å². The van der Waals surface area contributed by atoms with Gasteiger partial charge in [0.25, 0.3) is 5.91 Å². The van der Waals surface area contributed by atoms with Crippen LogP contribution in [0.2, 0.25) is 0 Å². The van der Waals surface area contributed by atoms with E-state index in [-0.39, 0.29) is 25.3 Å². The molecule has 2 amide bonds. The maximum atomic E-state index is 12.8. The third-order valence-corrected chi connectivity index (χ3v) is 5.78. The number of esters is 1. The van der Waals surface area contributed by atoms with Gasteiger partial charge in [-0.15, -0.1) is 0 Å². The number of ether oxygens (including phenoxy) is 3. The average Bonchev–Trinajstić information content (AvgIpc) is 3.30. The van der Waals surface area contributed by atoms with Crippen LogP contribution in [0.5, 0.6) is 11.5 Å². The van der Waals surface area contributed by atoms with E-state index in [2.05, 4.69) is 5.32 Å². The largest absolute Gasteiger partial charge is 0.454 e. The molecule has 34 heavy (non-hydrogen) atoms. The number of anilines is 1. The Morgan fingerprint density at radius 3 is 2.68 bits per heavy atom. The molecule has 2 aromatic carbocycles. The molecule has 0 bridgehead atoms.